The van der Waals surface area contributed by atoms with E-state index in [4.69, 9.17) is 9.47 Å². The highest BCUT2D eigenvalue weighted by molar-refractivity contribution is 5.81. The number of nitrogens with zero attached hydrogens (tertiary/aromatic N) is 1. The molecule has 0 aromatic heterocycles. The Hall–Kier alpha value is -2.06. The molecule has 0 rings (SSSR count). The molecule has 0 aliphatic carbocycles. The van der Waals surface area contributed by atoms with Crippen LogP contribution in [0, 0.1) is 16.0 Å². The fourth-order valence-corrected chi connectivity index (χ4v) is 1.54. The van der Waals surface area contributed by atoms with Crippen LogP contribution < -0.4 is 5.32 Å². The van der Waals surface area contributed by atoms with Crippen molar-refractivity contribution in [3.8, 4) is 0 Å². The molecule has 0 aromatic carbocycles. The highest BCUT2D eigenvalue weighted by Crippen LogP contribution is 2.10. The van der Waals surface area contributed by atoms with Crippen molar-refractivity contribution in [3.63, 3.8) is 0 Å². The van der Waals surface area contributed by atoms with E-state index in [0.717, 1.165) is 0 Å². The number of rotatable bonds is 9. The Balaban J connectivity index is 4.20. The molecule has 134 valence electrons. The van der Waals surface area contributed by atoms with Crippen LogP contribution in [-0.2, 0) is 19.1 Å². The summed E-state index contributed by atoms with van der Waals surface area (Å²) in [5.41, 5.74) is -0.660. The number of hydrogen-bond acceptors (Lipinski definition) is 7. The maximum absolute atomic E-state index is 12.0. The van der Waals surface area contributed by atoms with Crippen LogP contribution in [0.1, 0.15) is 47.5 Å². The average Bonchev–Trinajstić information content (AvgIpc) is 2.37. The van der Waals surface area contributed by atoms with Gasteiger partial charge in [-0.2, -0.15) is 0 Å². The molecule has 0 bridgehead atoms. The number of nitrogens with one attached hydrogen (secondary N) is 1. The molecule has 1 atom stereocenters. The number of esters is 1. The number of carbonyl (C=O) groups is 2. The molecule has 0 saturated carbocycles. The summed E-state index contributed by atoms with van der Waals surface area (Å²) in [5, 5.41) is 11.6. The van der Waals surface area contributed by atoms with E-state index < -0.39 is 28.8 Å². The number of unbranched alkanes of at least 4 members (excludes halogenated alkanes) is 1. The predicted molar refractivity (Wildman–Crippen MR) is 81.1 cm³/mol. The molecule has 0 spiro atoms. The fraction of sp³-hybridized carbons (Fsp3) is 0.857. The van der Waals surface area contributed by atoms with Crippen LogP contribution in [0.3, 0.4) is 0 Å². The maximum Gasteiger partial charge on any atom is 0.408 e. The van der Waals surface area contributed by atoms with Gasteiger partial charge in [0.2, 0.25) is 0 Å². The molecule has 1 amide bonds. The van der Waals surface area contributed by atoms with Crippen molar-refractivity contribution in [2.75, 3.05) is 13.2 Å². The predicted octanol–water partition coefficient (Wildman–Crippen LogP) is 2.07. The summed E-state index contributed by atoms with van der Waals surface area (Å²) >= 11 is 0. The number of alkyl carbamates (subject to hydrolysis) is 1. The van der Waals surface area contributed by atoms with Gasteiger partial charge in [0.1, 0.15) is 11.6 Å². The maximum atomic E-state index is 12.0. The Morgan fingerprint density at radius 2 is 1.74 bits per heavy atom. The topological polar surface area (TPSA) is 117 Å². The summed E-state index contributed by atoms with van der Waals surface area (Å²) < 4.78 is 10.2. The second kappa shape index (κ2) is 9.86. The van der Waals surface area contributed by atoms with E-state index in [-0.39, 0.29) is 19.1 Å². The molecule has 9 nitrogen and oxygen atoms in total. The van der Waals surface area contributed by atoms with E-state index in [1.807, 2.05) is 0 Å². The molecular weight excluding hydrogens is 308 g/mol. The third-order valence-electron chi connectivity index (χ3n) is 2.57. The molecule has 0 radical (unpaired) electrons. The minimum absolute atomic E-state index is 0.0473. The van der Waals surface area contributed by atoms with Crippen LogP contribution in [0.15, 0.2) is 0 Å². The standard InChI is InChI=1S/C14H26N2O7/c1-10(2)11(15-13(18)23-14(3,4)5)12(17)21-8-6-7-9-22-16(19)20/h10-11H,6-9H2,1-5H3,(H,15,18). The lowest BCUT2D eigenvalue weighted by molar-refractivity contribution is -0.757. The van der Waals surface area contributed by atoms with E-state index in [1.54, 1.807) is 34.6 Å². The van der Waals surface area contributed by atoms with Crippen LogP contribution in [0.2, 0.25) is 0 Å². The molecule has 1 unspecified atom stereocenters. The first-order valence-electron chi connectivity index (χ1n) is 7.46. The van der Waals surface area contributed by atoms with Gasteiger partial charge in [0, 0.05) is 0 Å². The smallest absolute Gasteiger partial charge is 0.408 e. The molecule has 23 heavy (non-hydrogen) atoms. The van der Waals surface area contributed by atoms with Gasteiger partial charge in [-0.15, -0.1) is 10.1 Å². The number of carbonyl (C=O) groups excluding carboxylic acids is 2. The van der Waals surface area contributed by atoms with Gasteiger partial charge in [0.15, 0.2) is 0 Å². The highest BCUT2D eigenvalue weighted by atomic mass is 16.9. The zero-order valence-corrected chi connectivity index (χ0v) is 14.3. The van der Waals surface area contributed by atoms with Crippen molar-refractivity contribution >= 4 is 12.1 Å². The van der Waals surface area contributed by atoms with Crippen LogP contribution >= 0.6 is 0 Å². The third kappa shape index (κ3) is 11.2. The Kier molecular flexibility index (Phi) is 8.97. The van der Waals surface area contributed by atoms with Crippen LogP contribution in [0.4, 0.5) is 4.79 Å². The van der Waals surface area contributed by atoms with Gasteiger partial charge in [-0.3, -0.25) is 0 Å². The van der Waals surface area contributed by atoms with Crippen molar-refractivity contribution < 1.29 is 29.0 Å². The molecule has 0 aliphatic heterocycles. The molecule has 0 aromatic rings. The second-order valence-corrected chi connectivity index (χ2v) is 6.30. The van der Waals surface area contributed by atoms with Gasteiger partial charge in [0.25, 0.3) is 5.09 Å². The first-order chi connectivity index (χ1) is 10.5. The quantitative estimate of drug-likeness (QED) is 0.297. The highest BCUT2D eigenvalue weighted by Gasteiger charge is 2.28. The third-order valence-corrected chi connectivity index (χ3v) is 2.57. The summed E-state index contributed by atoms with van der Waals surface area (Å²) in [6.45, 7) is 8.77. The lowest BCUT2D eigenvalue weighted by Gasteiger charge is -2.24. The first kappa shape index (κ1) is 20.9. The first-order valence-corrected chi connectivity index (χ1v) is 7.46. The lowest BCUT2D eigenvalue weighted by Crippen LogP contribution is -2.47. The van der Waals surface area contributed by atoms with Crippen molar-refractivity contribution in [1.82, 2.24) is 5.32 Å². The van der Waals surface area contributed by atoms with E-state index in [0.29, 0.717) is 12.8 Å². The van der Waals surface area contributed by atoms with E-state index in [2.05, 4.69) is 10.2 Å². The van der Waals surface area contributed by atoms with Gasteiger partial charge in [-0.1, -0.05) is 13.8 Å². The van der Waals surface area contributed by atoms with Gasteiger partial charge in [-0.05, 0) is 39.5 Å². The summed E-state index contributed by atoms with van der Waals surface area (Å²) in [6, 6.07) is -0.820. The molecule has 0 saturated heterocycles. The van der Waals surface area contributed by atoms with Crippen molar-refractivity contribution in [1.29, 1.82) is 0 Å². The largest absolute Gasteiger partial charge is 0.464 e. The average molecular weight is 334 g/mol. The molecule has 0 heterocycles. The van der Waals surface area contributed by atoms with Crippen LogP contribution in [-0.4, -0.2) is 42.0 Å². The van der Waals surface area contributed by atoms with Crippen molar-refractivity contribution in [2.45, 2.75) is 59.1 Å². The lowest BCUT2D eigenvalue weighted by atomic mass is 10.1. The van der Waals surface area contributed by atoms with Crippen LogP contribution in [0.5, 0.6) is 0 Å². The summed E-state index contributed by atoms with van der Waals surface area (Å²) in [5.74, 6) is -0.742. The Bertz CT molecular complexity index is 404. The number of ether oxygens (including phenoxy) is 2. The minimum Gasteiger partial charge on any atom is -0.464 e. The van der Waals surface area contributed by atoms with Crippen LogP contribution in [0.25, 0.3) is 0 Å². The molecular formula is C14H26N2O7. The SMILES string of the molecule is CC(C)C(NC(=O)OC(C)(C)C)C(=O)OCCCCO[N+](=O)[O-]. The Morgan fingerprint density at radius 3 is 2.22 bits per heavy atom. The Labute approximate surface area is 135 Å². The summed E-state index contributed by atoms with van der Waals surface area (Å²) in [6.07, 6.45) is 0.129. The van der Waals surface area contributed by atoms with Gasteiger partial charge < -0.3 is 19.6 Å². The number of hydrogen-bond donors (Lipinski definition) is 1. The van der Waals surface area contributed by atoms with E-state index in [1.165, 1.54) is 0 Å². The van der Waals surface area contributed by atoms with Crippen molar-refractivity contribution in [3.05, 3.63) is 10.1 Å². The van der Waals surface area contributed by atoms with Gasteiger partial charge >= 0.3 is 12.1 Å². The summed E-state index contributed by atoms with van der Waals surface area (Å²) in [4.78, 5) is 37.8. The van der Waals surface area contributed by atoms with E-state index >= 15 is 0 Å². The molecule has 0 fully saturated rings. The minimum atomic E-state index is -0.869. The monoisotopic (exact) mass is 334 g/mol. The van der Waals surface area contributed by atoms with Gasteiger partial charge in [-0.25, -0.2) is 9.59 Å². The Morgan fingerprint density at radius 1 is 1.17 bits per heavy atom. The second-order valence-electron chi connectivity index (χ2n) is 6.30. The van der Waals surface area contributed by atoms with Gasteiger partial charge in [0.05, 0.1) is 13.2 Å². The normalized spacial score (nSPS) is 12.4. The zero-order valence-electron chi connectivity index (χ0n) is 14.3. The molecule has 9 heteroatoms. The zero-order chi connectivity index (χ0) is 18.0. The molecule has 0 aliphatic rings. The molecule has 1 N–H and O–H groups in total. The van der Waals surface area contributed by atoms with E-state index in [9.17, 15) is 19.7 Å². The summed E-state index contributed by atoms with van der Waals surface area (Å²) in [7, 11) is 0. The van der Waals surface area contributed by atoms with Crippen molar-refractivity contribution in [2.24, 2.45) is 5.92 Å². The fourth-order valence-electron chi connectivity index (χ4n) is 1.54. The number of amides is 1.